The maximum absolute atomic E-state index is 12.4. The summed E-state index contributed by atoms with van der Waals surface area (Å²) >= 11 is 5.96. The van der Waals surface area contributed by atoms with Gasteiger partial charge in [-0.15, -0.1) is 0 Å². The van der Waals surface area contributed by atoms with Gasteiger partial charge in [-0.1, -0.05) is 29.8 Å². The largest absolute Gasteiger partial charge is 0.491 e. The van der Waals surface area contributed by atoms with E-state index in [0.717, 1.165) is 5.56 Å². The summed E-state index contributed by atoms with van der Waals surface area (Å²) in [6.45, 7) is 3.22. The van der Waals surface area contributed by atoms with Crippen molar-refractivity contribution in [1.82, 2.24) is 0 Å². The van der Waals surface area contributed by atoms with E-state index >= 15 is 0 Å². The number of halogens is 1. The Hall–Kier alpha value is -3.06. The zero-order chi connectivity index (χ0) is 21.0. The first-order chi connectivity index (χ1) is 13.8. The number of benzene rings is 2. The summed E-state index contributed by atoms with van der Waals surface area (Å²) in [5.41, 5.74) is 1.87. The van der Waals surface area contributed by atoms with E-state index in [0.29, 0.717) is 22.1 Å². The molecule has 2 amide bonds. The quantitative estimate of drug-likeness (QED) is 0.755. The smallest absolute Gasteiger partial charge is 0.326 e. The number of rotatable bonds is 5. The molecule has 1 aliphatic rings. The van der Waals surface area contributed by atoms with E-state index in [1.165, 1.54) is 11.8 Å². The van der Waals surface area contributed by atoms with E-state index in [4.69, 9.17) is 21.1 Å². The summed E-state index contributed by atoms with van der Waals surface area (Å²) in [5, 5.41) is 3.18. The van der Waals surface area contributed by atoms with Crippen LogP contribution in [0.25, 0.3) is 0 Å². The molecule has 1 N–H and O–H groups in total. The summed E-state index contributed by atoms with van der Waals surface area (Å²) < 4.78 is 10.8. The van der Waals surface area contributed by atoms with Crippen molar-refractivity contribution >= 4 is 40.8 Å². The molecule has 0 bridgehead atoms. The standard InChI is InChI=1S/C21H21ClN2O5/c1-13-7-8-15(22)11-16(13)23-21(27)14(2)29-20(26)12-24-17-5-3-4-6-18(17)28-10-9-19(24)25/h3-8,11,14H,9-10,12H2,1-2H3,(H,23,27)/t14-/m0/s1. The number of amides is 2. The van der Waals surface area contributed by atoms with Crippen LogP contribution in [0.2, 0.25) is 5.02 Å². The highest BCUT2D eigenvalue weighted by Crippen LogP contribution is 2.30. The van der Waals surface area contributed by atoms with E-state index in [2.05, 4.69) is 5.32 Å². The number of aryl methyl sites for hydroxylation is 1. The number of carbonyl (C=O) groups is 3. The van der Waals surface area contributed by atoms with Crippen LogP contribution in [0.15, 0.2) is 42.5 Å². The SMILES string of the molecule is Cc1ccc(Cl)cc1NC(=O)[C@H](C)OC(=O)CN1C(=O)CCOc2ccccc21. The number of fused-ring (bicyclic) bond motifs is 1. The van der Waals surface area contributed by atoms with Gasteiger partial charge >= 0.3 is 5.97 Å². The van der Waals surface area contributed by atoms with Gasteiger partial charge in [0.1, 0.15) is 12.3 Å². The second-order valence-corrected chi connectivity index (χ2v) is 7.06. The molecule has 0 radical (unpaired) electrons. The number of carbonyl (C=O) groups excluding carboxylic acids is 3. The normalized spacial score (nSPS) is 14.3. The van der Waals surface area contributed by atoms with Crippen LogP contribution in [0.5, 0.6) is 5.75 Å². The minimum absolute atomic E-state index is 0.145. The molecule has 0 fully saturated rings. The molecule has 1 heterocycles. The number of hydrogen-bond acceptors (Lipinski definition) is 5. The molecule has 0 aliphatic carbocycles. The molecule has 0 aromatic heterocycles. The maximum atomic E-state index is 12.4. The first-order valence-corrected chi connectivity index (χ1v) is 9.51. The number of anilines is 2. The van der Waals surface area contributed by atoms with E-state index in [1.54, 1.807) is 42.5 Å². The highest BCUT2D eigenvalue weighted by Gasteiger charge is 2.27. The Morgan fingerprint density at radius 1 is 1.28 bits per heavy atom. The monoisotopic (exact) mass is 416 g/mol. The second-order valence-electron chi connectivity index (χ2n) is 6.63. The molecule has 29 heavy (non-hydrogen) atoms. The van der Waals surface area contributed by atoms with Crippen molar-refractivity contribution in [2.24, 2.45) is 0 Å². The van der Waals surface area contributed by atoms with Gasteiger partial charge in [-0.2, -0.15) is 0 Å². The summed E-state index contributed by atoms with van der Waals surface area (Å²) in [6.07, 6.45) is -0.902. The highest BCUT2D eigenvalue weighted by molar-refractivity contribution is 6.31. The predicted molar refractivity (Wildman–Crippen MR) is 109 cm³/mol. The van der Waals surface area contributed by atoms with E-state index in [9.17, 15) is 14.4 Å². The average Bonchev–Trinajstić information content (AvgIpc) is 2.84. The summed E-state index contributed by atoms with van der Waals surface area (Å²) in [5.74, 6) is -0.915. The van der Waals surface area contributed by atoms with Gasteiger partial charge in [-0.3, -0.25) is 19.3 Å². The van der Waals surface area contributed by atoms with Crippen LogP contribution in [0.1, 0.15) is 18.9 Å². The maximum Gasteiger partial charge on any atom is 0.326 e. The Morgan fingerprint density at radius 2 is 2.03 bits per heavy atom. The summed E-state index contributed by atoms with van der Waals surface area (Å²) in [4.78, 5) is 38.5. The van der Waals surface area contributed by atoms with Crippen LogP contribution in [0, 0.1) is 6.92 Å². The van der Waals surface area contributed by atoms with Gasteiger partial charge in [0.15, 0.2) is 6.10 Å². The molecule has 152 valence electrons. The molecule has 0 unspecified atom stereocenters. The Bertz CT molecular complexity index is 946. The third kappa shape index (κ3) is 5.06. The van der Waals surface area contributed by atoms with Crippen LogP contribution in [-0.2, 0) is 19.1 Å². The van der Waals surface area contributed by atoms with E-state index < -0.39 is 18.0 Å². The lowest BCUT2D eigenvalue weighted by Gasteiger charge is -2.22. The second kappa shape index (κ2) is 8.96. The van der Waals surface area contributed by atoms with Crippen molar-refractivity contribution in [1.29, 1.82) is 0 Å². The van der Waals surface area contributed by atoms with Crippen molar-refractivity contribution in [2.45, 2.75) is 26.4 Å². The number of nitrogens with one attached hydrogen (secondary N) is 1. The van der Waals surface area contributed by atoms with Gasteiger partial charge in [0.05, 0.1) is 18.7 Å². The van der Waals surface area contributed by atoms with Gasteiger partial charge in [-0.25, -0.2) is 0 Å². The fourth-order valence-electron chi connectivity index (χ4n) is 2.87. The Labute approximate surface area is 173 Å². The van der Waals surface area contributed by atoms with Crippen LogP contribution >= 0.6 is 11.6 Å². The van der Waals surface area contributed by atoms with Gasteiger partial charge in [-0.05, 0) is 43.7 Å². The minimum atomic E-state index is -1.05. The predicted octanol–water partition coefficient (Wildman–Crippen LogP) is 3.33. The number of hydrogen-bond donors (Lipinski definition) is 1. The number of ether oxygens (including phenoxy) is 2. The Balaban J connectivity index is 1.64. The van der Waals surface area contributed by atoms with Crippen molar-refractivity contribution in [3.63, 3.8) is 0 Å². The summed E-state index contributed by atoms with van der Waals surface area (Å²) in [6, 6.07) is 12.1. The number of nitrogens with zero attached hydrogens (tertiary/aromatic N) is 1. The molecule has 2 aromatic rings. The van der Waals surface area contributed by atoms with Gasteiger partial charge in [0.25, 0.3) is 5.91 Å². The highest BCUT2D eigenvalue weighted by atomic mass is 35.5. The molecular weight excluding hydrogens is 396 g/mol. The molecule has 1 atom stereocenters. The molecule has 2 aromatic carbocycles. The van der Waals surface area contributed by atoms with Crippen molar-refractivity contribution in [3.05, 3.63) is 53.1 Å². The van der Waals surface area contributed by atoms with E-state index in [1.807, 2.05) is 6.92 Å². The fourth-order valence-corrected chi connectivity index (χ4v) is 3.05. The summed E-state index contributed by atoms with van der Waals surface area (Å²) in [7, 11) is 0. The molecule has 0 saturated heterocycles. The zero-order valence-electron chi connectivity index (χ0n) is 16.1. The lowest BCUT2D eigenvalue weighted by atomic mass is 10.2. The van der Waals surface area contributed by atoms with Crippen molar-refractivity contribution < 1.29 is 23.9 Å². The molecule has 1 aliphatic heterocycles. The van der Waals surface area contributed by atoms with E-state index in [-0.39, 0.29) is 25.5 Å². The number of para-hydroxylation sites is 2. The zero-order valence-corrected chi connectivity index (χ0v) is 16.9. The average molecular weight is 417 g/mol. The van der Waals surface area contributed by atoms with Crippen molar-refractivity contribution in [2.75, 3.05) is 23.4 Å². The van der Waals surface area contributed by atoms with Crippen molar-refractivity contribution in [3.8, 4) is 5.75 Å². The topological polar surface area (TPSA) is 84.9 Å². The first-order valence-electron chi connectivity index (χ1n) is 9.14. The Morgan fingerprint density at radius 3 is 2.83 bits per heavy atom. The lowest BCUT2D eigenvalue weighted by molar-refractivity contribution is -0.152. The fraction of sp³-hybridized carbons (Fsp3) is 0.286. The van der Waals surface area contributed by atoms with Gasteiger partial charge in [0, 0.05) is 10.7 Å². The molecule has 3 rings (SSSR count). The van der Waals surface area contributed by atoms with Crippen LogP contribution in [0.4, 0.5) is 11.4 Å². The van der Waals surface area contributed by atoms with Crippen LogP contribution in [0.3, 0.4) is 0 Å². The molecular formula is C21H21ClN2O5. The lowest BCUT2D eigenvalue weighted by Crippen LogP contribution is -2.39. The first kappa shape index (κ1) is 20.7. The molecule has 8 heteroatoms. The minimum Gasteiger partial charge on any atom is -0.491 e. The van der Waals surface area contributed by atoms with Gasteiger partial charge < -0.3 is 14.8 Å². The third-order valence-electron chi connectivity index (χ3n) is 4.45. The molecule has 7 nitrogen and oxygen atoms in total. The van der Waals surface area contributed by atoms with Gasteiger partial charge in [0.2, 0.25) is 5.91 Å². The number of esters is 1. The Kier molecular flexibility index (Phi) is 6.39. The molecule has 0 spiro atoms. The van der Waals surface area contributed by atoms with Crippen LogP contribution < -0.4 is 15.0 Å². The molecule has 0 saturated carbocycles. The third-order valence-corrected chi connectivity index (χ3v) is 4.69. The van der Waals surface area contributed by atoms with Crippen LogP contribution in [-0.4, -0.2) is 37.0 Å².